The highest BCUT2D eigenvalue weighted by atomic mass is 32.2. The summed E-state index contributed by atoms with van der Waals surface area (Å²) in [6, 6.07) is 3.89. The van der Waals surface area contributed by atoms with Crippen LogP contribution in [0.15, 0.2) is 17.5 Å². The molecule has 126 valence electrons. The van der Waals surface area contributed by atoms with Crippen LogP contribution < -0.4 is 0 Å². The molecule has 4 nitrogen and oxygen atoms in total. The third kappa shape index (κ3) is 4.59. The normalized spacial score (nSPS) is 17.7. The molecule has 0 aromatic heterocycles. The van der Waals surface area contributed by atoms with Gasteiger partial charge in [0.1, 0.15) is 0 Å². The molecular formula is C18H25NO3S. The number of rotatable bonds is 4. The average molecular weight is 335 g/mol. The highest BCUT2D eigenvalue weighted by Crippen LogP contribution is 2.25. The molecule has 0 saturated carbocycles. The van der Waals surface area contributed by atoms with Crippen molar-refractivity contribution in [2.45, 2.75) is 39.2 Å². The van der Waals surface area contributed by atoms with Gasteiger partial charge in [-0.15, -0.1) is 0 Å². The number of hydrogen-bond donors (Lipinski definition) is 1. The van der Waals surface area contributed by atoms with E-state index in [1.54, 1.807) is 7.11 Å². The van der Waals surface area contributed by atoms with Crippen LogP contribution >= 0.6 is 12.0 Å². The lowest BCUT2D eigenvalue weighted by molar-refractivity contribution is -0.00203. The number of carbonyl (C=O) groups excluding carboxylic acids is 1. The Bertz CT molecular complexity index is 577. The van der Waals surface area contributed by atoms with Crippen LogP contribution in [0.25, 0.3) is 6.08 Å². The molecule has 0 spiro atoms. The van der Waals surface area contributed by atoms with E-state index in [9.17, 15) is 9.90 Å². The SMILES string of the molecule is COS/C=C/c1c(C)cc(C(=O)N2CCC(C)(O)CC2)cc1C. The highest BCUT2D eigenvalue weighted by Gasteiger charge is 2.30. The molecule has 1 aromatic rings. The molecule has 0 atom stereocenters. The van der Waals surface area contributed by atoms with Crippen molar-refractivity contribution in [3.63, 3.8) is 0 Å². The van der Waals surface area contributed by atoms with E-state index in [1.165, 1.54) is 12.0 Å². The molecule has 0 bridgehead atoms. The van der Waals surface area contributed by atoms with Crippen molar-refractivity contribution < 1.29 is 14.1 Å². The topological polar surface area (TPSA) is 49.8 Å². The van der Waals surface area contributed by atoms with Gasteiger partial charge in [0.15, 0.2) is 0 Å². The maximum absolute atomic E-state index is 12.7. The van der Waals surface area contributed by atoms with Gasteiger partial charge >= 0.3 is 0 Å². The van der Waals surface area contributed by atoms with Gasteiger partial charge in [-0.1, -0.05) is 0 Å². The molecule has 0 unspecified atom stereocenters. The first-order valence-corrected chi connectivity index (χ1v) is 8.63. The van der Waals surface area contributed by atoms with E-state index in [0.717, 1.165) is 22.3 Å². The molecule has 1 aliphatic rings. The van der Waals surface area contributed by atoms with Crippen LogP contribution in [0.3, 0.4) is 0 Å². The Kier molecular flexibility index (Phi) is 5.89. The Balaban J connectivity index is 2.16. The second-order valence-corrected chi connectivity index (χ2v) is 7.18. The number of carbonyl (C=O) groups is 1. The third-order valence-corrected chi connectivity index (χ3v) is 4.79. The zero-order valence-electron chi connectivity index (χ0n) is 14.3. The smallest absolute Gasteiger partial charge is 0.253 e. The lowest BCUT2D eigenvalue weighted by Gasteiger charge is -2.36. The Morgan fingerprint density at radius 3 is 2.39 bits per heavy atom. The summed E-state index contributed by atoms with van der Waals surface area (Å²) in [5, 5.41) is 11.9. The second kappa shape index (κ2) is 7.51. The fourth-order valence-corrected chi connectivity index (χ4v) is 3.19. The van der Waals surface area contributed by atoms with E-state index in [-0.39, 0.29) is 5.91 Å². The molecule has 1 aliphatic heterocycles. The standard InChI is InChI=1S/C18H25NO3S/c1-13-11-15(12-14(2)16(13)5-10-23-22-4)17(20)19-8-6-18(3,21)7-9-19/h5,10-12,21H,6-9H2,1-4H3/b10-5+. The van der Waals surface area contributed by atoms with Gasteiger partial charge in [-0.05, 0) is 73.9 Å². The predicted octanol–water partition coefficient (Wildman–Crippen LogP) is 3.56. The Morgan fingerprint density at radius 2 is 1.87 bits per heavy atom. The molecule has 5 heteroatoms. The van der Waals surface area contributed by atoms with Crippen molar-refractivity contribution >= 4 is 24.0 Å². The van der Waals surface area contributed by atoms with Crippen molar-refractivity contribution in [2.75, 3.05) is 20.2 Å². The Morgan fingerprint density at radius 1 is 1.30 bits per heavy atom. The lowest BCUT2D eigenvalue weighted by Crippen LogP contribution is -2.45. The maximum atomic E-state index is 12.7. The van der Waals surface area contributed by atoms with E-state index in [1.807, 2.05) is 49.3 Å². The molecule has 1 saturated heterocycles. The van der Waals surface area contributed by atoms with Crippen LogP contribution in [-0.4, -0.2) is 41.7 Å². The van der Waals surface area contributed by atoms with Crippen molar-refractivity contribution in [2.24, 2.45) is 0 Å². The number of amides is 1. The van der Waals surface area contributed by atoms with Crippen molar-refractivity contribution in [3.05, 3.63) is 39.8 Å². The van der Waals surface area contributed by atoms with Crippen LogP contribution in [-0.2, 0) is 4.18 Å². The third-order valence-electron chi connectivity index (χ3n) is 4.35. The minimum atomic E-state index is -0.643. The number of benzene rings is 1. The zero-order valence-corrected chi connectivity index (χ0v) is 15.1. The van der Waals surface area contributed by atoms with Gasteiger partial charge in [-0.2, -0.15) is 0 Å². The Labute approximate surface area is 142 Å². The fraction of sp³-hybridized carbons (Fsp3) is 0.500. The number of aryl methyl sites for hydroxylation is 2. The summed E-state index contributed by atoms with van der Waals surface area (Å²) in [5.74, 6) is 0.0495. The molecule has 0 aliphatic carbocycles. The van der Waals surface area contributed by atoms with Gasteiger partial charge in [-0.3, -0.25) is 4.79 Å². The summed E-state index contributed by atoms with van der Waals surface area (Å²) in [5.41, 5.74) is 3.34. The van der Waals surface area contributed by atoms with E-state index in [2.05, 4.69) is 0 Å². The number of likely N-dealkylation sites (tertiary alicyclic amines) is 1. The Hall–Kier alpha value is -1.30. The van der Waals surface area contributed by atoms with Gasteiger partial charge in [0, 0.05) is 30.7 Å². The summed E-state index contributed by atoms with van der Waals surface area (Å²) in [7, 11) is 1.63. The van der Waals surface area contributed by atoms with Gasteiger partial charge in [0.05, 0.1) is 12.7 Å². The number of hydrogen-bond acceptors (Lipinski definition) is 4. The average Bonchev–Trinajstić information content (AvgIpc) is 2.49. The molecule has 1 aromatic carbocycles. The number of aliphatic hydroxyl groups is 1. The monoisotopic (exact) mass is 335 g/mol. The second-order valence-electron chi connectivity index (χ2n) is 6.38. The molecular weight excluding hydrogens is 310 g/mol. The molecule has 1 heterocycles. The fourth-order valence-electron chi connectivity index (χ4n) is 2.89. The van der Waals surface area contributed by atoms with Crippen molar-refractivity contribution in [3.8, 4) is 0 Å². The minimum absolute atomic E-state index is 0.0495. The summed E-state index contributed by atoms with van der Waals surface area (Å²) >= 11 is 1.27. The minimum Gasteiger partial charge on any atom is -0.390 e. The summed E-state index contributed by atoms with van der Waals surface area (Å²) in [6.45, 7) is 7.08. The van der Waals surface area contributed by atoms with Crippen LogP contribution in [0.4, 0.5) is 0 Å². The molecule has 1 fully saturated rings. The van der Waals surface area contributed by atoms with E-state index >= 15 is 0 Å². The van der Waals surface area contributed by atoms with E-state index in [4.69, 9.17) is 4.18 Å². The summed E-state index contributed by atoms with van der Waals surface area (Å²) < 4.78 is 4.95. The van der Waals surface area contributed by atoms with E-state index < -0.39 is 5.60 Å². The van der Waals surface area contributed by atoms with Crippen LogP contribution in [0.2, 0.25) is 0 Å². The van der Waals surface area contributed by atoms with Crippen LogP contribution in [0.1, 0.15) is 46.8 Å². The van der Waals surface area contributed by atoms with Crippen molar-refractivity contribution in [1.82, 2.24) is 4.90 Å². The van der Waals surface area contributed by atoms with Gasteiger partial charge in [-0.25, -0.2) is 0 Å². The summed E-state index contributed by atoms with van der Waals surface area (Å²) in [4.78, 5) is 14.5. The zero-order chi connectivity index (χ0) is 17.0. The molecule has 23 heavy (non-hydrogen) atoms. The highest BCUT2D eigenvalue weighted by molar-refractivity contribution is 7.97. The molecule has 1 amide bonds. The lowest BCUT2D eigenvalue weighted by atomic mass is 9.93. The first-order chi connectivity index (χ1) is 10.8. The molecule has 2 rings (SSSR count). The van der Waals surface area contributed by atoms with Gasteiger partial charge in [0.2, 0.25) is 0 Å². The molecule has 1 N–H and O–H groups in total. The maximum Gasteiger partial charge on any atom is 0.253 e. The van der Waals surface area contributed by atoms with Crippen LogP contribution in [0, 0.1) is 13.8 Å². The van der Waals surface area contributed by atoms with Gasteiger partial charge < -0.3 is 14.2 Å². The first kappa shape index (κ1) is 18.0. The van der Waals surface area contributed by atoms with E-state index in [0.29, 0.717) is 25.9 Å². The predicted molar refractivity (Wildman–Crippen MR) is 95.3 cm³/mol. The number of nitrogens with zero attached hydrogens (tertiary/aromatic N) is 1. The van der Waals surface area contributed by atoms with Gasteiger partial charge in [0.25, 0.3) is 5.91 Å². The van der Waals surface area contributed by atoms with Crippen LogP contribution in [0.5, 0.6) is 0 Å². The summed E-state index contributed by atoms with van der Waals surface area (Å²) in [6.07, 6.45) is 3.27. The van der Waals surface area contributed by atoms with Crippen molar-refractivity contribution in [1.29, 1.82) is 0 Å². The number of piperidine rings is 1. The quantitative estimate of drug-likeness (QED) is 0.855. The molecule has 0 radical (unpaired) electrons. The largest absolute Gasteiger partial charge is 0.390 e. The first-order valence-electron chi connectivity index (χ1n) is 7.83.